The number of nitrogens with one attached hydrogen (secondary N) is 1. The zero-order chi connectivity index (χ0) is 20.3. The number of hydrogen-bond donors (Lipinski definition) is 1. The van der Waals surface area contributed by atoms with Crippen LogP contribution in [0.3, 0.4) is 0 Å². The molecule has 0 radical (unpaired) electrons. The lowest BCUT2D eigenvalue weighted by Gasteiger charge is -2.16. The average Bonchev–Trinajstić information content (AvgIpc) is 2.67. The van der Waals surface area contributed by atoms with Gasteiger partial charge in [0, 0.05) is 11.6 Å². The van der Waals surface area contributed by atoms with E-state index < -0.39 is 0 Å². The number of nitrogens with zero attached hydrogens (tertiary/aromatic N) is 2. The SMILES string of the molecule is CCCNC(=O)CSc1nc2cc(Cl)ccc2c(=O)n1-c1cccc(C)c1C. The fraction of sp³-hybridized carbons (Fsp3) is 0.286. The average molecular weight is 416 g/mol. The molecule has 5 nitrogen and oxygen atoms in total. The van der Waals surface area contributed by atoms with Crippen LogP contribution < -0.4 is 10.9 Å². The molecule has 1 amide bonds. The Balaban J connectivity index is 2.15. The van der Waals surface area contributed by atoms with Crippen molar-refractivity contribution in [1.29, 1.82) is 0 Å². The third-order valence-corrected chi connectivity index (χ3v) is 5.70. The number of halogens is 1. The van der Waals surface area contributed by atoms with Crippen LogP contribution in [-0.4, -0.2) is 27.8 Å². The topological polar surface area (TPSA) is 64.0 Å². The number of carbonyl (C=O) groups is 1. The Kier molecular flexibility index (Phi) is 6.42. The van der Waals surface area contributed by atoms with Gasteiger partial charge < -0.3 is 5.32 Å². The highest BCUT2D eigenvalue weighted by atomic mass is 35.5. The maximum absolute atomic E-state index is 13.3. The second-order valence-electron chi connectivity index (χ2n) is 6.55. The minimum Gasteiger partial charge on any atom is -0.355 e. The quantitative estimate of drug-likeness (QED) is 0.482. The molecule has 3 rings (SSSR count). The van der Waals surface area contributed by atoms with Gasteiger partial charge in [0.15, 0.2) is 5.16 Å². The van der Waals surface area contributed by atoms with Gasteiger partial charge in [-0.2, -0.15) is 0 Å². The van der Waals surface area contributed by atoms with E-state index in [9.17, 15) is 9.59 Å². The number of benzene rings is 2. The molecule has 0 aliphatic heterocycles. The second kappa shape index (κ2) is 8.80. The Bertz CT molecular complexity index is 1090. The van der Waals surface area contributed by atoms with E-state index in [1.807, 2.05) is 39.0 Å². The van der Waals surface area contributed by atoms with Crippen molar-refractivity contribution < 1.29 is 4.79 Å². The summed E-state index contributed by atoms with van der Waals surface area (Å²) in [5.74, 6) is 0.100. The van der Waals surface area contributed by atoms with Crippen LogP contribution in [0.15, 0.2) is 46.3 Å². The first-order valence-electron chi connectivity index (χ1n) is 9.10. The minimum atomic E-state index is -0.174. The summed E-state index contributed by atoms with van der Waals surface area (Å²) in [7, 11) is 0. The van der Waals surface area contributed by atoms with Crippen molar-refractivity contribution in [3.8, 4) is 5.69 Å². The summed E-state index contributed by atoms with van der Waals surface area (Å²) in [4.78, 5) is 30.0. The molecule has 1 heterocycles. The van der Waals surface area contributed by atoms with E-state index in [1.165, 1.54) is 11.8 Å². The van der Waals surface area contributed by atoms with Crippen molar-refractivity contribution >= 4 is 40.2 Å². The number of amides is 1. The Morgan fingerprint density at radius 3 is 2.79 bits per heavy atom. The zero-order valence-corrected chi connectivity index (χ0v) is 17.7. The van der Waals surface area contributed by atoms with Gasteiger partial charge in [0.2, 0.25) is 5.91 Å². The van der Waals surface area contributed by atoms with E-state index in [1.54, 1.807) is 22.8 Å². The molecular weight excluding hydrogens is 394 g/mol. The van der Waals surface area contributed by atoms with Gasteiger partial charge in [-0.15, -0.1) is 0 Å². The van der Waals surface area contributed by atoms with Gasteiger partial charge in [0.1, 0.15) is 0 Å². The number of carbonyl (C=O) groups excluding carboxylic acids is 1. The molecule has 3 aromatic rings. The first-order valence-corrected chi connectivity index (χ1v) is 10.5. The first kappa shape index (κ1) is 20.4. The van der Waals surface area contributed by atoms with Crippen molar-refractivity contribution in [1.82, 2.24) is 14.9 Å². The molecule has 2 aromatic carbocycles. The third kappa shape index (κ3) is 4.23. The number of fused-ring (bicyclic) bond motifs is 1. The normalized spacial score (nSPS) is 11.0. The summed E-state index contributed by atoms with van der Waals surface area (Å²) in [6, 6.07) is 10.9. The van der Waals surface area contributed by atoms with Gasteiger partial charge in [-0.05, 0) is 55.7 Å². The number of rotatable bonds is 6. The van der Waals surface area contributed by atoms with Crippen molar-refractivity contribution in [3.05, 3.63) is 62.9 Å². The predicted octanol–water partition coefficient (Wildman–Crippen LogP) is 4.27. The van der Waals surface area contributed by atoms with Gasteiger partial charge in [-0.3, -0.25) is 14.2 Å². The Labute approximate surface area is 173 Å². The van der Waals surface area contributed by atoms with E-state index >= 15 is 0 Å². The van der Waals surface area contributed by atoms with Crippen LogP contribution in [0.2, 0.25) is 5.02 Å². The largest absolute Gasteiger partial charge is 0.355 e. The highest BCUT2D eigenvalue weighted by molar-refractivity contribution is 7.99. The van der Waals surface area contributed by atoms with Crippen LogP contribution in [0.1, 0.15) is 24.5 Å². The number of aryl methyl sites for hydroxylation is 1. The summed E-state index contributed by atoms with van der Waals surface area (Å²) in [5.41, 5.74) is 3.20. The minimum absolute atomic E-state index is 0.0835. The van der Waals surface area contributed by atoms with Crippen LogP contribution in [0.5, 0.6) is 0 Å². The molecule has 7 heteroatoms. The lowest BCUT2D eigenvalue weighted by molar-refractivity contribution is -0.118. The fourth-order valence-electron chi connectivity index (χ4n) is 2.87. The summed E-state index contributed by atoms with van der Waals surface area (Å²) < 4.78 is 1.59. The summed E-state index contributed by atoms with van der Waals surface area (Å²) >= 11 is 7.34. The molecule has 0 aliphatic rings. The van der Waals surface area contributed by atoms with Crippen LogP contribution >= 0.6 is 23.4 Å². The summed E-state index contributed by atoms with van der Waals surface area (Å²) in [6.45, 7) is 6.61. The van der Waals surface area contributed by atoms with Gasteiger partial charge >= 0.3 is 0 Å². The zero-order valence-electron chi connectivity index (χ0n) is 16.1. The molecule has 146 valence electrons. The molecule has 1 N–H and O–H groups in total. The van der Waals surface area contributed by atoms with Gasteiger partial charge in [-0.1, -0.05) is 42.4 Å². The number of thioether (sulfide) groups is 1. The van der Waals surface area contributed by atoms with E-state index in [4.69, 9.17) is 11.6 Å². The fourth-order valence-corrected chi connectivity index (χ4v) is 3.87. The van der Waals surface area contributed by atoms with Crippen molar-refractivity contribution in [2.75, 3.05) is 12.3 Å². The lowest BCUT2D eigenvalue weighted by Crippen LogP contribution is -2.27. The Morgan fingerprint density at radius 2 is 2.04 bits per heavy atom. The van der Waals surface area contributed by atoms with Crippen LogP contribution in [-0.2, 0) is 4.79 Å². The van der Waals surface area contributed by atoms with Gasteiger partial charge in [0.25, 0.3) is 5.56 Å². The lowest BCUT2D eigenvalue weighted by atomic mass is 10.1. The maximum Gasteiger partial charge on any atom is 0.266 e. The molecule has 0 bridgehead atoms. The molecule has 0 spiro atoms. The van der Waals surface area contributed by atoms with Crippen molar-refractivity contribution in [2.24, 2.45) is 0 Å². The molecule has 1 aromatic heterocycles. The van der Waals surface area contributed by atoms with E-state index in [-0.39, 0.29) is 17.2 Å². The van der Waals surface area contributed by atoms with Gasteiger partial charge in [-0.25, -0.2) is 4.98 Å². The molecule has 0 fully saturated rings. The summed E-state index contributed by atoms with van der Waals surface area (Å²) in [5, 5.41) is 4.32. The maximum atomic E-state index is 13.3. The van der Waals surface area contributed by atoms with Crippen LogP contribution in [0.25, 0.3) is 16.6 Å². The highest BCUT2D eigenvalue weighted by Crippen LogP contribution is 2.25. The number of aromatic nitrogens is 2. The van der Waals surface area contributed by atoms with Crippen LogP contribution in [0.4, 0.5) is 0 Å². The summed E-state index contributed by atoms with van der Waals surface area (Å²) in [6.07, 6.45) is 0.871. The molecule has 0 saturated carbocycles. The van der Waals surface area contributed by atoms with Crippen molar-refractivity contribution in [2.45, 2.75) is 32.3 Å². The Morgan fingerprint density at radius 1 is 1.25 bits per heavy atom. The predicted molar refractivity (Wildman–Crippen MR) is 116 cm³/mol. The van der Waals surface area contributed by atoms with E-state index in [2.05, 4.69) is 10.3 Å². The van der Waals surface area contributed by atoms with Gasteiger partial charge in [0.05, 0.1) is 22.3 Å². The van der Waals surface area contributed by atoms with E-state index in [0.717, 1.165) is 23.2 Å². The first-order chi connectivity index (χ1) is 13.4. The highest BCUT2D eigenvalue weighted by Gasteiger charge is 2.17. The molecule has 0 saturated heterocycles. The molecule has 0 atom stereocenters. The van der Waals surface area contributed by atoms with Crippen LogP contribution in [0, 0.1) is 13.8 Å². The third-order valence-electron chi connectivity index (χ3n) is 4.52. The van der Waals surface area contributed by atoms with E-state index in [0.29, 0.717) is 27.6 Å². The molecule has 0 aliphatic carbocycles. The second-order valence-corrected chi connectivity index (χ2v) is 7.93. The molecule has 0 unspecified atom stereocenters. The number of hydrogen-bond acceptors (Lipinski definition) is 4. The molecule has 28 heavy (non-hydrogen) atoms. The van der Waals surface area contributed by atoms with Crippen molar-refractivity contribution in [3.63, 3.8) is 0 Å². The Hall–Kier alpha value is -2.31. The smallest absolute Gasteiger partial charge is 0.266 e. The monoisotopic (exact) mass is 415 g/mol. The molecular formula is C21H22ClN3O2S. The standard InChI is InChI=1S/C21H22ClN3O2S/c1-4-10-23-19(26)12-28-21-24-17-11-15(22)8-9-16(17)20(27)25(21)18-7-5-6-13(2)14(18)3/h5-9,11H,4,10,12H2,1-3H3,(H,23,26).